The molecule has 0 saturated heterocycles. The molecule has 0 aromatic carbocycles. The van der Waals surface area contributed by atoms with Gasteiger partial charge in [-0.05, 0) is 26.3 Å². The Morgan fingerprint density at radius 2 is 2.00 bits per heavy atom. The molecule has 0 bridgehead atoms. The van der Waals surface area contributed by atoms with Gasteiger partial charge in [0, 0.05) is 12.5 Å². The Kier molecular flexibility index (Phi) is 6.40. The third kappa shape index (κ3) is 7.50. The van der Waals surface area contributed by atoms with E-state index in [0.717, 1.165) is 6.42 Å². The van der Waals surface area contributed by atoms with Crippen LogP contribution in [0, 0.1) is 0 Å². The first-order chi connectivity index (χ1) is 7.26. The van der Waals surface area contributed by atoms with Crippen molar-refractivity contribution in [2.24, 2.45) is 0 Å². The van der Waals surface area contributed by atoms with Crippen molar-refractivity contribution in [3.63, 3.8) is 0 Å². The predicted molar refractivity (Wildman–Crippen MR) is 54.3 cm³/mol. The lowest BCUT2D eigenvalue weighted by molar-refractivity contribution is -0.140. The summed E-state index contributed by atoms with van der Waals surface area (Å²) in [5, 5.41) is 8.62. The number of halogens is 3. The summed E-state index contributed by atoms with van der Waals surface area (Å²) < 4.78 is 35.8. The van der Waals surface area contributed by atoms with Crippen LogP contribution in [0.25, 0.3) is 0 Å². The van der Waals surface area contributed by atoms with Gasteiger partial charge in [0.2, 0.25) is 0 Å². The molecule has 16 heavy (non-hydrogen) atoms. The van der Waals surface area contributed by atoms with Crippen molar-refractivity contribution in [2.45, 2.75) is 45.3 Å². The minimum absolute atomic E-state index is 0.00988. The first kappa shape index (κ1) is 15.2. The topological polar surface area (TPSA) is 40.5 Å². The molecule has 0 aromatic rings. The van der Waals surface area contributed by atoms with E-state index >= 15 is 0 Å². The van der Waals surface area contributed by atoms with Gasteiger partial charge >= 0.3 is 12.1 Å². The molecule has 0 saturated carbocycles. The highest BCUT2D eigenvalue weighted by atomic mass is 19.4. The molecular weight excluding hydrogens is 223 g/mol. The minimum atomic E-state index is -4.16. The van der Waals surface area contributed by atoms with Gasteiger partial charge in [0.15, 0.2) is 0 Å². The number of carboxylic acids is 1. The Morgan fingerprint density at radius 3 is 2.38 bits per heavy atom. The van der Waals surface area contributed by atoms with Crippen LogP contribution in [-0.4, -0.2) is 41.3 Å². The highest BCUT2D eigenvalue weighted by Gasteiger charge is 2.27. The molecule has 0 aliphatic carbocycles. The Bertz CT molecular complexity index is 219. The summed E-state index contributed by atoms with van der Waals surface area (Å²) >= 11 is 0. The normalized spacial score (nSPS) is 14.1. The smallest absolute Gasteiger partial charge is 0.389 e. The largest absolute Gasteiger partial charge is 0.480 e. The Hall–Kier alpha value is -0.780. The lowest BCUT2D eigenvalue weighted by Crippen LogP contribution is -2.38. The first-order valence-electron chi connectivity index (χ1n) is 5.29. The average molecular weight is 241 g/mol. The standard InChI is InChI=1S/C10H18F3NO2/c1-3-8(2)14(7-9(15)16)6-4-5-10(11,12)13/h8H,3-7H2,1-2H3,(H,15,16). The van der Waals surface area contributed by atoms with Crippen LogP contribution in [-0.2, 0) is 4.79 Å². The van der Waals surface area contributed by atoms with Crippen molar-refractivity contribution < 1.29 is 23.1 Å². The predicted octanol–water partition coefficient (Wildman–Crippen LogP) is 2.51. The van der Waals surface area contributed by atoms with Crippen LogP contribution < -0.4 is 0 Å². The fourth-order valence-corrected chi connectivity index (χ4v) is 1.37. The molecule has 0 aliphatic rings. The van der Waals surface area contributed by atoms with E-state index in [2.05, 4.69) is 0 Å². The van der Waals surface area contributed by atoms with Gasteiger partial charge in [-0.2, -0.15) is 13.2 Å². The molecule has 0 aromatic heterocycles. The number of carbonyl (C=O) groups is 1. The molecule has 0 spiro atoms. The molecule has 0 amide bonds. The zero-order chi connectivity index (χ0) is 12.8. The van der Waals surface area contributed by atoms with Gasteiger partial charge in [0.1, 0.15) is 0 Å². The zero-order valence-corrected chi connectivity index (χ0v) is 9.55. The molecule has 1 N–H and O–H groups in total. The van der Waals surface area contributed by atoms with Crippen molar-refractivity contribution in [1.82, 2.24) is 4.90 Å². The van der Waals surface area contributed by atoms with Crippen LogP contribution in [0.15, 0.2) is 0 Å². The third-order valence-electron chi connectivity index (χ3n) is 2.46. The molecule has 0 aliphatic heterocycles. The number of aliphatic carboxylic acids is 1. The van der Waals surface area contributed by atoms with Crippen LogP contribution >= 0.6 is 0 Å². The number of hydrogen-bond acceptors (Lipinski definition) is 2. The van der Waals surface area contributed by atoms with E-state index < -0.39 is 18.6 Å². The van der Waals surface area contributed by atoms with E-state index in [1.165, 1.54) is 0 Å². The molecule has 0 heterocycles. The summed E-state index contributed by atoms with van der Waals surface area (Å²) in [6.45, 7) is 3.66. The van der Waals surface area contributed by atoms with Crippen molar-refractivity contribution in [2.75, 3.05) is 13.1 Å². The number of hydrogen-bond donors (Lipinski definition) is 1. The fourth-order valence-electron chi connectivity index (χ4n) is 1.37. The van der Waals surface area contributed by atoms with Crippen LogP contribution in [0.5, 0.6) is 0 Å². The SMILES string of the molecule is CCC(C)N(CCCC(F)(F)F)CC(=O)O. The average Bonchev–Trinajstić information content (AvgIpc) is 2.12. The molecule has 1 unspecified atom stereocenters. The highest BCUT2D eigenvalue weighted by molar-refractivity contribution is 5.69. The Balaban J connectivity index is 4.07. The summed E-state index contributed by atoms with van der Waals surface area (Å²) in [4.78, 5) is 12.1. The van der Waals surface area contributed by atoms with Crippen molar-refractivity contribution >= 4 is 5.97 Å². The van der Waals surface area contributed by atoms with E-state index in [4.69, 9.17) is 5.11 Å². The first-order valence-corrected chi connectivity index (χ1v) is 5.29. The van der Waals surface area contributed by atoms with Gasteiger partial charge < -0.3 is 5.11 Å². The molecule has 96 valence electrons. The lowest BCUT2D eigenvalue weighted by atomic mass is 10.2. The zero-order valence-electron chi connectivity index (χ0n) is 9.55. The van der Waals surface area contributed by atoms with Crippen LogP contribution in [0.1, 0.15) is 33.1 Å². The van der Waals surface area contributed by atoms with Crippen molar-refractivity contribution in [3.8, 4) is 0 Å². The Labute approximate surface area is 93.2 Å². The number of nitrogens with zero attached hydrogens (tertiary/aromatic N) is 1. The van der Waals surface area contributed by atoms with Crippen molar-refractivity contribution in [3.05, 3.63) is 0 Å². The van der Waals surface area contributed by atoms with Crippen LogP contribution in [0.3, 0.4) is 0 Å². The van der Waals surface area contributed by atoms with Gasteiger partial charge in [0.05, 0.1) is 6.54 Å². The summed E-state index contributed by atoms with van der Waals surface area (Å²) in [6.07, 6.45) is -4.36. The fraction of sp³-hybridized carbons (Fsp3) is 0.900. The van der Waals surface area contributed by atoms with E-state index in [1.807, 2.05) is 13.8 Å². The molecule has 0 fully saturated rings. The van der Waals surface area contributed by atoms with Crippen LogP contribution in [0.4, 0.5) is 13.2 Å². The summed E-state index contributed by atoms with van der Waals surface area (Å²) in [6, 6.07) is -0.00988. The number of rotatable bonds is 7. The maximum atomic E-state index is 11.9. The summed E-state index contributed by atoms with van der Waals surface area (Å²) in [7, 11) is 0. The van der Waals surface area contributed by atoms with Gasteiger partial charge in [-0.15, -0.1) is 0 Å². The maximum Gasteiger partial charge on any atom is 0.389 e. The van der Waals surface area contributed by atoms with Gasteiger partial charge in [-0.1, -0.05) is 6.92 Å². The molecule has 0 radical (unpaired) electrons. The highest BCUT2D eigenvalue weighted by Crippen LogP contribution is 2.21. The summed E-state index contributed by atoms with van der Waals surface area (Å²) in [5.41, 5.74) is 0. The lowest BCUT2D eigenvalue weighted by Gasteiger charge is -2.26. The summed E-state index contributed by atoms with van der Waals surface area (Å²) in [5.74, 6) is -1.01. The van der Waals surface area contributed by atoms with Crippen LogP contribution in [0.2, 0.25) is 0 Å². The minimum Gasteiger partial charge on any atom is -0.480 e. The third-order valence-corrected chi connectivity index (χ3v) is 2.46. The second-order valence-electron chi connectivity index (χ2n) is 3.84. The number of alkyl halides is 3. The van der Waals surface area contributed by atoms with Crippen molar-refractivity contribution in [1.29, 1.82) is 0 Å². The maximum absolute atomic E-state index is 11.9. The Morgan fingerprint density at radius 1 is 1.44 bits per heavy atom. The molecular formula is C10H18F3NO2. The molecule has 1 atom stereocenters. The van der Waals surface area contributed by atoms with E-state index in [1.54, 1.807) is 4.90 Å². The molecule has 3 nitrogen and oxygen atoms in total. The molecule has 6 heteroatoms. The molecule has 0 rings (SSSR count). The second-order valence-corrected chi connectivity index (χ2v) is 3.84. The van der Waals surface area contributed by atoms with Gasteiger partial charge in [-0.3, -0.25) is 9.69 Å². The number of carboxylic acid groups (broad SMARTS) is 1. The van der Waals surface area contributed by atoms with Gasteiger partial charge in [-0.25, -0.2) is 0 Å². The monoisotopic (exact) mass is 241 g/mol. The second kappa shape index (κ2) is 6.73. The van der Waals surface area contributed by atoms with E-state index in [9.17, 15) is 18.0 Å². The van der Waals surface area contributed by atoms with Gasteiger partial charge in [0.25, 0.3) is 0 Å². The quantitative estimate of drug-likeness (QED) is 0.744. The van der Waals surface area contributed by atoms with E-state index in [0.29, 0.717) is 0 Å². The van der Waals surface area contributed by atoms with E-state index in [-0.39, 0.29) is 25.6 Å².